The SMILES string of the molecule is Brc1cccc2c1NCC21CC1.Cl. The van der Waals surface area contributed by atoms with Gasteiger partial charge in [0.05, 0.1) is 5.69 Å². The Morgan fingerprint density at radius 3 is 2.77 bits per heavy atom. The van der Waals surface area contributed by atoms with Gasteiger partial charge in [-0.2, -0.15) is 0 Å². The van der Waals surface area contributed by atoms with E-state index in [0.29, 0.717) is 5.41 Å². The van der Waals surface area contributed by atoms with Crippen molar-refractivity contribution in [1.82, 2.24) is 0 Å². The number of nitrogens with one attached hydrogen (secondary N) is 1. The molecule has 0 unspecified atom stereocenters. The van der Waals surface area contributed by atoms with Crippen LogP contribution in [0, 0.1) is 0 Å². The van der Waals surface area contributed by atoms with Crippen LogP contribution in [0.2, 0.25) is 0 Å². The summed E-state index contributed by atoms with van der Waals surface area (Å²) in [5, 5.41) is 3.47. The lowest BCUT2D eigenvalue weighted by atomic mass is 9.99. The number of benzene rings is 1. The fourth-order valence-corrected chi connectivity index (χ4v) is 2.60. The highest BCUT2D eigenvalue weighted by Crippen LogP contribution is 2.55. The van der Waals surface area contributed by atoms with Gasteiger partial charge in [0, 0.05) is 16.4 Å². The van der Waals surface area contributed by atoms with Crippen LogP contribution in [0.25, 0.3) is 0 Å². The maximum absolute atomic E-state index is 3.56. The molecule has 1 heterocycles. The molecule has 1 fully saturated rings. The van der Waals surface area contributed by atoms with Crippen LogP contribution in [0.1, 0.15) is 18.4 Å². The molecule has 1 nitrogen and oxygen atoms in total. The normalized spacial score (nSPS) is 20.4. The van der Waals surface area contributed by atoms with Gasteiger partial charge in [0.2, 0.25) is 0 Å². The summed E-state index contributed by atoms with van der Waals surface area (Å²) in [4.78, 5) is 0. The van der Waals surface area contributed by atoms with Gasteiger partial charge in [0.1, 0.15) is 0 Å². The number of halogens is 2. The third-order valence-corrected chi connectivity index (χ3v) is 3.70. The predicted octanol–water partition coefficient (Wildman–Crippen LogP) is 3.33. The van der Waals surface area contributed by atoms with Crippen molar-refractivity contribution < 1.29 is 0 Å². The van der Waals surface area contributed by atoms with Gasteiger partial charge in [-0.3, -0.25) is 0 Å². The molecule has 1 saturated carbocycles. The molecule has 1 aromatic rings. The van der Waals surface area contributed by atoms with Gasteiger partial charge >= 0.3 is 0 Å². The number of hydrogen-bond donors (Lipinski definition) is 1. The molecule has 1 aliphatic heterocycles. The van der Waals surface area contributed by atoms with E-state index in [2.05, 4.69) is 39.4 Å². The highest BCUT2D eigenvalue weighted by atomic mass is 79.9. The number of anilines is 1. The first kappa shape index (κ1) is 9.35. The van der Waals surface area contributed by atoms with Crippen molar-refractivity contribution >= 4 is 34.0 Å². The minimum atomic E-state index is 0. The summed E-state index contributed by atoms with van der Waals surface area (Å²) in [6.45, 7) is 1.14. The Hall–Kier alpha value is -0.210. The van der Waals surface area contributed by atoms with E-state index < -0.39 is 0 Å². The maximum atomic E-state index is 3.56. The van der Waals surface area contributed by atoms with E-state index in [0.717, 1.165) is 6.54 Å². The van der Waals surface area contributed by atoms with E-state index >= 15 is 0 Å². The van der Waals surface area contributed by atoms with Crippen molar-refractivity contribution in [2.24, 2.45) is 0 Å². The molecule has 0 amide bonds. The van der Waals surface area contributed by atoms with Crippen molar-refractivity contribution in [1.29, 1.82) is 0 Å². The largest absolute Gasteiger partial charge is 0.383 e. The van der Waals surface area contributed by atoms with Gasteiger partial charge in [-0.25, -0.2) is 0 Å². The van der Waals surface area contributed by atoms with E-state index in [1.165, 1.54) is 28.6 Å². The molecule has 2 aliphatic rings. The first-order valence-electron chi connectivity index (χ1n) is 4.35. The van der Waals surface area contributed by atoms with Gasteiger partial charge in [0.15, 0.2) is 0 Å². The summed E-state index contributed by atoms with van der Waals surface area (Å²) >= 11 is 3.56. The van der Waals surface area contributed by atoms with Crippen LogP contribution in [0.15, 0.2) is 22.7 Å². The molecule has 0 bridgehead atoms. The smallest absolute Gasteiger partial charge is 0.0523 e. The molecule has 1 spiro atoms. The molecule has 0 aromatic heterocycles. The van der Waals surface area contributed by atoms with Crippen LogP contribution >= 0.6 is 28.3 Å². The van der Waals surface area contributed by atoms with Crippen LogP contribution in [0.5, 0.6) is 0 Å². The van der Waals surface area contributed by atoms with Crippen molar-refractivity contribution in [2.45, 2.75) is 18.3 Å². The van der Waals surface area contributed by atoms with Crippen LogP contribution in [0.3, 0.4) is 0 Å². The lowest BCUT2D eigenvalue weighted by Gasteiger charge is -2.05. The molecule has 0 saturated heterocycles. The zero-order valence-corrected chi connectivity index (χ0v) is 9.54. The summed E-state index contributed by atoms with van der Waals surface area (Å²) in [6, 6.07) is 6.50. The summed E-state index contributed by atoms with van der Waals surface area (Å²) in [5.74, 6) is 0. The minimum Gasteiger partial charge on any atom is -0.383 e. The standard InChI is InChI=1S/C10H10BrN.ClH/c11-8-3-1-2-7-9(8)12-6-10(7)4-5-10;/h1-3,12H,4-6H2;1H. The zero-order chi connectivity index (χ0) is 8.18. The molecule has 1 N–H and O–H groups in total. The third-order valence-electron chi connectivity index (χ3n) is 3.04. The molecule has 1 aliphatic carbocycles. The average Bonchev–Trinajstić information content (AvgIpc) is 2.73. The Balaban J connectivity index is 0.000000653. The molecule has 0 radical (unpaired) electrons. The Morgan fingerprint density at radius 2 is 2.08 bits per heavy atom. The molecular formula is C10H11BrClN. The molecule has 1 aromatic carbocycles. The fraction of sp³-hybridized carbons (Fsp3) is 0.400. The van der Waals surface area contributed by atoms with E-state index in [9.17, 15) is 0 Å². The lowest BCUT2D eigenvalue weighted by Crippen LogP contribution is -2.07. The second-order valence-electron chi connectivity index (χ2n) is 3.80. The number of rotatable bonds is 0. The highest BCUT2D eigenvalue weighted by Gasteiger charge is 2.49. The summed E-state index contributed by atoms with van der Waals surface area (Å²) in [6.07, 6.45) is 2.73. The van der Waals surface area contributed by atoms with Crippen LogP contribution < -0.4 is 5.32 Å². The fourth-order valence-electron chi connectivity index (χ4n) is 2.10. The molecule has 3 rings (SSSR count). The molecule has 0 atom stereocenters. The quantitative estimate of drug-likeness (QED) is 0.754. The lowest BCUT2D eigenvalue weighted by molar-refractivity contribution is 0.778. The van der Waals surface area contributed by atoms with Crippen molar-refractivity contribution in [3.05, 3.63) is 28.2 Å². The van der Waals surface area contributed by atoms with E-state index in [-0.39, 0.29) is 12.4 Å². The highest BCUT2D eigenvalue weighted by molar-refractivity contribution is 9.10. The molecule has 13 heavy (non-hydrogen) atoms. The van der Waals surface area contributed by atoms with E-state index in [1.807, 2.05) is 0 Å². The van der Waals surface area contributed by atoms with Crippen LogP contribution in [0.4, 0.5) is 5.69 Å². The topological polar surface area (TPSA) is 12.0 Å². The third kappa shape index (κ3) is 1.19. The Bertz CT molecular complexity index is 347. The number of fused-ring (bicyclic) bond motifs is 2. The van der Waals surface area contributed by atoms with E-state index in [1.54, 1.807) is 0 Å². The summed E-state index contributed by atoms with van der Waals surface area (Å²) < 4.78 is 1.21. The second-order valence-corrected chi connectivity index (χ2v) is 4.65. The van der Waals surface area contributed by atoms with Crippen molar-refractivity contribution in [2.75, 3.05) is 11.9 Å². The van der Waals surface area contributed by atoms with Crippen LogP contribution in [-0.2, 0) is 5.41 Å². The first-order chi connectivity index (χ1) is 5.82. The van der Waals surface area contributed by atoms with Gasteiger partial charge in [-0.05, 0) is 40.4 Å². The molecule has 70 valence electrons. The van der Waals surface area contributed by atoms with Gasteiger partial charge < -0.3 is 5.32 Å². The van der Waals surface area contributed by atoms with Crippen molar-refractivity contribution in [3.63, 3.8) is 0 Å². The monoisotopic (exact) mass is 259 g/mol. The van der Waals surface area contributed by atoms with Crippen LogP contribution in [-0.4, -0.2) is 6.54 Å². The van der Waals surface area contributed by atoms with Gasteiger partial charge in [0.25, 0.3) is 0 Å². The van der Waals surface area contributed by atoms with Crippen molar-refractivity contribution in [3.8, 4) is 0 Å². The Morgan fingerprint density at radius 1 is 1.31 bits per heavy atom. The van der Waals surface area contributed by atoms with Gasteiger partial charge in [-0.15, -0.1) is 12.4 Å². The summed E-state index contributed by atoms with van der Waals surface area (Å²) in [7, 11) is 0. The Labute approximate surface area is 92.5 Å². The zero-order valence-electron chi connectivity index (χ0n) is 7.14. The van der Waals surface area contributed by atoms with Gasteiger partial charge in [-0.1, -0.05) is 12.1 Å². The maximum Gasteiger partial charge on any atom is 0.0523 e. The molecule has 3 heteroatoms. The number of hydrogen-bond acceptors (Lipinski definition) is 1. The molecular weight excluding hydrogens is 249 g/mol. The number of para-hydroxylation sites is 1. The Kier molecular flexibility index (Phi) is 2.08. The van der Waals surface area contributed by atoms with E-state index in [4.69, 9.17) is 0 Å². The first-order valence-corrected chi connectivity index (χ1v) is 5.14. The minimum absolute atomic E-state index is 0. The summed E-state index contributed by atoms with van der Waals surface area (Å²) in [5.41, 5.74) is 3.38. The predicted molar refractivity (Wildman–Crippen MR) is 60.8 cm³/mol. The average molecular weight is 261 g/mol. The second kappa shape index (κ2) is 2.89.